The SMILES string of the molecule is CC1(C)OB(c2ccc(F)c([C@@]34CO[C@@H](C(F)(F)F)[C@@H]3CSC(NC(=O)c3ccccc3)=N4)c2)OC1(C)C. The first-order chi connectivity index (χ1) is 17.7. The monoisotopic (exact) mass is 550 g/mol. The number of ether oxygens (including phenoxy) is 1. The van der Waals surface area contributed by atoms with E-state index < -0.39 is 60.4 Å². The predicted molar refractivity (Wildman–Crippen MR) is 137 cm³/mol. The number of hydrogen-bond acceptors (Lipinski definition) is 6. The van der Waals surface area contributed by atoms with Crippen molar-refractivity contribution in [3.8, 4) is 0 Å². The molecule has 3 aliphatic rings. The van der Waals surface area contributed by atoms with Gasteiger partial charge in [0, 0.05) is 22.8 Å². The van der Waals surface area contributed by atoms with E-state index in [4.69, 9.17) is 14.0 Å². The number of amides is 1. The second-order valence-electron chi connectivity index (χ2n) is 10.7. The Labute approximate surface area is 222 Å². The molecule has 0 radical (unpaired) electrons. The summed E-state index contributed by atoms with van der Waals surface area (Å²) in [7, 11) is -0.853. The molecule has 2 saturated heterocycles. The number of alkyl halides is 3. The van der Waals surface area contributed by atoms with Crippen LogP contribution in [0.4, 0.5) is 17.6 Å². The number of nitrogens with zero attached hydrogens (tertiary/aromatic N) is 1. The molecule has 3 atom stereocenters. The third-order valence-electron chi connectivity index (χ3n) is 7.72. The standard InChI is InChI=1S/C26H27BF4N2O4S/c1-23(2)24(3,4)37-27(36-23)16-10-11-19(28)17(12-16)25-14-35-20(26(29,30)31)18(25)13-38-22(33-25)32-21(34)15-8-6-5-7-9-15/h5-12,18,20H,13-14H2,1-4H3,(H,32,33,34)/t18-,20+,25-/m0/s1. The van der Waals surface area contributed by atoms with Crippen LogP contribution in [0.25, 0.3) is 0 Å². The number of thioether (sulfide) groups is 1. The molecule has 1 amide bonds. The Bertz CT molecular complexity index is 1260. The molecule has 202 valence electrons. The van der Waals surface area contributed by atoms with Gasteiger partial charge >= 0.3 is 13.3 Å². The summed E-state index contributed by atoms with van der Waals surface area (Å²) < 4.78 is 74.8. The highest BCUT2D eigenvalue weighted by Gasteiger charge is 2.62. The third-order valence-corrected chi connectivity index (χ3v) is 8.72. The molecule has 0 bridgehead atoms. The molecule has 2 aromatic carbocycles. The minimum absolute atomic E-state index is 0.0618. The summed E-state index contributed by atoms with van der Waals surface area (Å²) in [5, 5.41) is 2.77. The van der Waals surface area contributed by atoms with Crippen molar-refractivity contribution in [1.29, 1.82) is 0 Å². The summed E-state index contributed by atoms with van der Waals surface area (Å²) in [5.41, 5.74) is -2.30. The molecule has 5 rings (SSSR count). The smallest absolute Gasteiger partial charge is 0.399 e. The van der Waals surface area contributed by atoms with E-state index >= 15 is 4.39 Å². The zero-order valence-electron chi connectivity index (χ0n) is 21.3. The van der Waals surface area contributed by atoms with Crippen LogP contribution in [0, 0.1) is 11.7 Å². The van der Waals surface area contributed by atoms with Gasteiger partial charge in [-0.2, -0.15) is 13.2 Å². The van der Waals surface area contributed by atoms with Crippen molar-refractivity contribution in [3.05, 3.63) is 65.5 Å². The van der Waals surface area contributed by atoms with Crippen LogP contribution >= 0.6 is 11.8 Å². The molecular weight excluding hydrogens is 523 g/mol. The van der Waals surface area contributed by atoms with E-state index in [2.05, 4.69) is 10.3 Å². The van der Waals surface area contributed by atoms with Crippen molar-refractivity contribution in [3.63, 3.8) is 0 Å². The summed E-state index contributed by atoms with van der Waals surface area (Å²) in [6.45, 7) is 6.98. The Kier molecular flexibility index (Phi) is 6.69. The lowest BCUT2D eigenvalue weighted by Crippen LogP contribution is -2.48. The predicted octanol–water partition coefficient (Wildman–Crippen LogP) is 4.43. The number of nitrogens with one attached hydrogen (secondary N) is 1. The van der Waals surface area contributed by atoms with Crippen LogP contribution in [0.3, 0.4) is 0 Å². The van der Waals surface area contributed by atoms with Crippen molar-refractivity contribution in [2.24, 2.45) is 10.9 Å². The van der Waals surface area contributed by atoms with Gasteiger partial charge in [0.15, 0.2) is 11.3 Å². The van der Waals surface area contributed by atoms with Crippen molar-refractivity contribution in [1.82, 2.24) is 5.32 Å². The van der Waals surface area contributed by atoms with Gasteiger partial charge in [0.2, 0.25) is 0 Å². The number of amidine groups is 1. The molecule has 38 heavy (non-hydrogen) atoms. The normalized spacial score (nSPS) is 28.1. The Balaban J connectivity index is 1.56. The Morgan fingerprint density at radius 3 is 2.37 bits per heavy atom. The first-order valence-corrected chi connectivity index (χ1v) is 13.1. The van der Waals surface area contributed by atoms with Crippen LogP contribution in [-0.2, 0) is 19.6 Å². The average molecular weight is 550 g/mol. The van der Waals surface area contributed by atoms with Crippen molar-refractivity contribution in [2.75, 3.05) is 12.4 Å². The highest BCUT2D eigenvalue weighted by Crippen LogP contribution is 2.52. The molecule has 0 aromatic heterocycles. The zero-order valence-corrected chi connectivity index (χ0v) is 22.1. The van der Waals surface area contributed by atoms with E-state index in [9.17, 15) is 18.0 Å². The van der Waals surface area contributed by atoms with Crippen LogP contribution in [0.15, 0.2) is 53.5 Å². The fourth-order valence-corrected chi connectivity index (χ4v) is 6.08. The molecule has 12 heteroatoms. The zero-order chi connectivity index (χ0) is 27.5. The molecule has 2 aromatic rings. The minimum Gasteiger partial charge on any atom is -0.399 e. The maximum Gasteiger partial charge on any atom is 0.494 e. The molecule has 3 heterocycles. The van der Waals surface area contributed by atoms with Gasteiger partial charge in [-0.15, -0.1) is 0 Å². The number of hydrogen-bond donors (Lipinski definition) is 1. The van der Waals surface area contributed by atoms with Crippen molar-refractivity contribution >= 4 is 35.4 Å². The quantitative estimate of drug-likeness (QED) is 0.453. The van der Waals surface area contributed by atoms with Crippen LogP contribution in [-0.4, -0.2) is 54.0 Å². The van der Waals surface area contributed by atoms with Crippen LogP contribution in [0.1, 0.15) is 43.6 Å². The number of carbonyl (C=O) groups excluding carboxylic acids is 1. The summed E-state index contributed by atoms with van der Waals surface area (Å²) in [6, 6.07) is 12.5. The summed E-state index contributed by atoms with van der Waals surface area (Å²) in [4.78, 5) is 17.3. The molecule has 0 aliphatic carbocycles. The first kappa shape index (κ1) is 27.2. The number of carbonyl (C=O) groups is 1. The number of rotatable bonds is 3. The van der Waals surface area contributed by atoms with Gasteiger partial charge in [0.05, 0.1) is 17.8 Å². The van der Waals surface area contributed by atoms with E-state index in [0.717, 1.165) is 11.8 Å². The fourth-order valence-electron chi connectivity index (χ4n) is 4.90. The summed E-state index contributed by atoms with van der Waals surface area (Å²) in [6.07, 6.45) is -6.81. The van der Waals surface area contributed by atoms with E-state index in [1.165, 1.54) is 18.2 Å². The molecule has 2 fully saturated rings. The van der Waals surface area contributed by atoms with Crippen LogP contribution in [0.2, 0.25) is 0 Å². The molecule has 0 spiro atoms. The van der Waals surface area contributed by atoms with Crippen LogP contribution in [0.5, 0.6) is 0 Å². The van der Waals surface area contributed by atoms with E-state index in [0.29, 0.717) is 11.0 Å². The van der Waals surface area contributed by atoms with Crippen LogP contribution < -0.4 is 10.8 Å². The topological polar surface area (TPSA) is 69.2 Å². The Morgan fingerprint density at radius 2 is 1.74 bits per heavy atom. The number of halogens is 4. The lowest BCUT2D eigenvalue weighted by Gasteiger charge is -2.37. The van der Waals surface area contributed by atoms with Crippen molar-refractivity contribution in [2.45, 2.75) is 56.7 Å². The average Bonchev–Trinajstić information content (AvgIpc) is 3.34. The second-order valence-corrected chi connectivity index (χ2v) is 11.7. The third kappa shape index (κ3) is 4.65. The highest BCUT2D eigenvalue weighted by atomic mass is 32.2. The van der Waals surface area contributed by atoms with Gasteiger partial charge in [-0.05, 0) is 51.4 Å². The second kappa shape index (κ2) is 9.36. The van der Waals surface area contributed by atoms with E-state index in [-0.39, 0.29) is 16.5 Å². The number of benzene rings is 2. The van der Waals surface area contributed by atoms with Gasteiger partial charge in [-0.25, -0.2) is 9.38 Å². The van der Waals surface area contributed by atoms with Gasteiger partial charge in [-0.1, -0.05) is 42.1 Å². The maximum absolute atomic E-state index is 15.5. The largest absolute Gasteiger partial charge is 0.494 e. The molecule has 1 N–H and O–H groups in total. The fraction of sp³-hybridized carbons (Fsp3) is 0.462. The minimum atomic E-state index is -4.67. The first-order valence-electron chi connectivity index (χ1n) is 12.2. The lowest BCUT2D eigenvalue weighted by atomic mass is 9.73. The van der Waals surface area contributed by atoms with Gasteiger partial charge in [0.1, 0.15) is 11.4 Å². The summed E-state index contributed by atoms with van der Waals surface area (Å²) >= 11 is 0.977. The van der Waals surface area contributed by atoms with E-state index in [1.54, 1.807) is 30.3 Å². The molecule has 0 unspecified atom stereocenters. The maximum atomic E-state index is 15.5. The molecule has 6 nitrogen and oxygen atoms in total. The highest BCUT2D eigenvalue weighted by molar-refractivity contribution is 8.13. The van der Waals surface area contributed by atoms with Gasteiger partial charge in [-0.3, -0.25) is 4.79 Å². The Morgan fingerprint density at radius 1 is 1.08 bits per heavy atom. The molecular formula is C26H27BF4N2O4S. The van der Waals surface area contributed by atoms with Gasteiger partial charge in [0.25, 0.3) is 5.91 Å². The molecule has 3 aliphatic heterocycles. The summed E-state index contributed by atoms with van der Waals surface area (Å²) in [5.74, 6) is -2.50. The number of fused-ring (bicyclic) bond motifs is 1. The molecule has 0 saturated carbocycles. The van der Waals surface area contributed by atoms with Gasteiger partial charge < -0.3 is 19.4 Å². The van der Waals surface area contributed by atoms with E-state index in [1.807, 2.05) is 27.7 Å². The lowest BCUT2D eigenvalue weighted by molar-refractivity contribution is -0.215. The number of aliphatic imine (C=N–C) groups is 1. The van der Waals surface area contributed by atoms with Crippen molar-refractivity contribution < 1.29 is 36.4 Å². The Hall–Kier alpha value is -2.41.